The van der Waals surface area contributed by atoms with E-state index < -0.39 is 0 Å². The molecule has 4 heteroatoms. The van der Waals surface area contributed by atoms with Crippen LogP contribution in [0.2, 0.25) is 0 Å². The topological polar surface area (TPSA) is 48.4 Å². The van der Waals surface area contributed by atoms with Crippen molar-refractivity contribution in [2.75, 3.05) is 23.3 Å². The predicted octanol–water partition coefficient (Wildman–Crippen LogP) is 4.18. The Morgan fingerprint density at radius 1 is 1.00 bits per heavy atom. The number of rotatable bonds is 4. The van der Waals surface area contributed by atoms with Crippen molar-refractivity contribution in [2.24, 2.45) is 0 Å². The lowest BCUT2D eigenvalue weighted by Gasteiger charge is -2.34. The van der Waals surface area contributed by atoms with E-state index in [2.05, 4.69) is 51.6 Å². The van der Waals surface area contributed by atoms with Crippen molar-refractivity contribution >= 4 is 11.5 Å². The number of hydrogen-bond donors (Lipinski definition) is 2. The van der Waals surface area contributed by atoms with E-state index in [1.165, 1.54) is 30.5 Å². The first kappa shape index (κ1) is 17.3. The van der Waals surface area contributed by atoms with Crippen LogP contribution in [0.5, 0.6) is 0 Å². The monoisotopic (exact) mass is 351 g/mol. The molecule has 0 bridgehead atoms. The molecule has 4 rings (SSSR count). The van der Waals surface area contributed by atoms with Gasteiger partial charge in [-0.1, -0.05) is 30.3 Å². The minimum atomic E-state index is -0.247. The molecule has 0 amide bonds. The molecule has 1 aromatic carbocycles. The van der Waals surface area contributed by atoms with E-state index in [0.29, 0.717) is 6.04 Å². The highest BCUT2D eigenvalue weighted by Crippen LogP contribution is 2.34. The van der Waals surface area contributed by atoms with Crippen LogP contribution in [0.1, 0.15) is 50.0 Å². The molecule has 1 saturated heterocycles. The first-order valence-electron chi connectivity index (χ1n) is 10.00. The maximum absolute atomic E-state index is 10.5. The third kappa shape index (κ3) is 4.01. The summed E-state index contributed by atoms with van der Waals surface area (Å²) in [6.45, 7) is 2.30. The number of aromatic nitrogens is 1. The Labute approximate surface area is 156 Å². The molecule has 1 saturated carbocycles. The van der Waals surface area contributed by atoms with Gasteiger partial charge in [0.05, 0.1) is 6.10 Å². The third-order valence-corrected chi connectivity index (χ3v) is 5.86. The molecular formula is C22H29N3O. The van der Waals surface area contributed by atoms with Crippen LogP contribution in [0, 0.1) is 0 Å². The highest BCUT2D eigenvalue weighted by Gasteiger charge is 2.30. The van der Waals surface area contributed by atoms with Crippen LogP contribution in [-0.2, 0) is 0 Å². The third-order valence-electron chi connectivity index (χ3n) is 5.86. The number of hydrogen-bond acceptors (Lipinski definition) is 4. The quantitative estimate of drug-likeness (QED) is 0.867. The highest BCUT2D eigenvalue weighted by atomic mass is 16.3. The van der Waals surface area contributed by atoms with Crippen molar-refractivity contribution in [1.29, 1.82) is 0 Å². The fourth-order valence-electron chi connectivity index (χ4n) is 4.40. The normalized spacial score (nSPS) is 26.5. The Bertz CT molecular complexity index is 700. The van der Waals surface area contributed by atoms with Gasteiger partial charge in [0.25, 0.3) is 0 Å². The molecule has 4 nitrogen and oxygen atoms in total. The average Bonchev–Trinajstić information content (AvgIpc) is 2.71. The number of benzene rings is 1. The second-order valence-corrected chi connectivity index (χ2v) is 7.69. The second kappa shape index (κ2) is 8.09. The summed E-state index contributed by atoms with van der Waals surface area (Å²) in [7, 11) is 0. The molecule has 2 aliphatic rings. The lowest BCUT2D eigenvalue weighted by atomic mass is 9.79. The van der Waals surface area contributed by atoms with Gasteiger partial charge in [-0.15, -0.1) is 0 Å². The summed E-state index contributed by atoms with van der Waals surface area (Å²) in [5.74, 6) is 1.16. The minimum Gasteiger partial charge on any atom is -0.392 e. The van der Waals surface area contributed by atoms with Gasteiger partial charge >= 0.3 is 0 Å². The molecule has 1 aliphatic carbocycles. The molecule has 0 unspecified atom stereocenters. The minimum absolute atomic E-state index is 0.202. The van der Waals surface area contributed by atoms with E-state index >= 15 is 0 Å². The number of aliphatic hydroxyl groups excluding tert-OH is 1. The van der Waals surface area contributed by atoms with E-state index in [9.17, 15) is 5.11 Å². The summed E-state index contributed by atoms with van der Waals surface area (Å²) in [5.41, 5.74) is 2.51. The van der Waals surface area contributed by atoms with Crippen LogP contribution in [0.4, 0.5) is 11.5 Å². The fourth-order valence-corrected chi connectivity index (χ4v) is 4.40. The molecular weight excluding hydrogens is 322 g/mol. The maximum atomic E-state index is 10.5. The van der Waals surface area contributed by atoms with Gasteiger partial charge in [0.2, 0.25) is 0 Å². The first-order chi connectivity index (χ1) is 12.8. The van der Waals surface area contributed by atoms with Gasteiger partial charge in [-0.25, -0.2) is 4.98 Å². The average molecular weight is 351 g/mol. The Morgan fingerprint density at radius 2 is 1.81 bits per heavy atom. The summed E-state index contributed by atoms with van der Waals surface area (Å²) in [5, 5.41) is 14.1. The number of nitrogens with one attached hydrogen (secondary N) is 1. The smallest absolute Gasteiger partial charge is 0.128 e. The molecule has 3 atom stereocenters. The number of pyridine rings is 1. The lowest BCUT2D eigenvalue weighted by molar-refractivity contribution is 0.102. The standard InChI is InChI=1S/C22H29N3O/c26-21-10-9-18(15-20(21)17-7-3-1-4-8-17)24-22-16-19(11-12-23-22)25-13-5-2-6-14-25/h1,3-4,7-8,11-12,16,18,20-21,26H,2,5-6,9-10,13-15H2,(H,23,24)/t18-,20-,21+/m1/s1. The zero-order valence-corrected chi connectivity index (χ0v) is 15.3. The molecule has 2 aromatic rings. The summed E-state index contributed by atoms with van der Waals surface area (Å²) < 4.78 is 0. The van der Waals surface area contributed by atoms with E-state index in [-0.39, 0.29) is 12.0 Å². The van der Waals surface area contributed by atoms with Gasteiger partial charge in [0.15, 0.2) is 0 Å². The van der Waals surface area contributed by atoms with Gasteiger partial charge in [-0.2, -0.15) is 0 Å². The lowest BCUT2D eigenvalue weighted by Crippen LogP contribution is -2.34. The first-order valence-corrected chi connectivity index (χ1v) is 10.00. The number of aliphatic hydroxyl groups is 1. The van der Waals surface area contributed by atoms with Gasteiger partial charge in [-0.05, 0) is 50.2 Å². The van der Waals surface area contributed by atoms with E-state index in [0.717, 1.165) is 38.2 Å². The van der Waals surface area contributed by atoms with Crippen molar-refractivity contribution in [1.82, 2.24) is 4.98 Å². The summed E-state index contributed by atoms with van der Waals surface area (Å²) >= 11 is 0. The van der Waals surface area contributed by atoms with Crippen LogP contribution in [0.25, 0.3) is 0 Å². The molecule has 2 heterocycles. The molecule has 0 radical (unpaired) electrons. The predicted molar refractivity (Wildman–Crippen MR) is 107 cm³/mol. The van der Waals surface area contributed by atoms with E-state index in [4.69, 9.17) is 0 Å². The molecule has 1 aliphatic heterocycles. The van der Waals surface area contributed by atoms with Gasteiger partial charge in [0, 0.05) is 43.0 Å². The largest absolute Gasteiger partial charge is 0.392 e. The Hall–Kier alpha value is -2.07. The van der Waals surface area contributed by atoms with E-state index in [1.807, 2.05) is 12.3 Å². The molecule has 1 aromatic heterocycles. The van der Waals surface area contributed by atoms with E-state index in [1.54, 1.807) is 0 Å². The summed E-state index contributed by atoms with van der Waals surface area (Å²) in [6.07, 6.45) is 8.35. The van der Waals surface area contributed by atoms with Gasteiger partial charge < -0.3 is 15.3 Å². The highest BCUT2D eigenvalue weighted by molar-refractivity contribution is 5.54. The maximum Gasteiger partial charge on any atom is 0.128 e. The fraction of sp³-hybridized carbons (Fsp3) is 0.500. The summed E-state index contributed by atoms with van der Waals surface area (Å²) in [4.78, 5) is 7.01. The van der Waals surface area contributed by atoms with Crippen molar-refractivity contribution < 1.29 is 5.11 Å². The molecule has 2 fully saturated rings. The zero-order valence-electron chi connectivity index (χ0n) is 15.3. The molecule has 2 N–H and O–H groups in total. The van der Waals surface area contributed by atoms with Gasteiger partial charge in [0.1, 0.15) is 5.82 Å². The van der Waals surface area contributed by atoms with Crippen LogP contribution in [0.15, 0.2) is 48.7 Å². The van der Waals surface area contributed by atoms with Crippen LogP contribution >= 0.6 is 0 Å². The molecule has 0 spiro atoms. The van der Waals surface area contributed by atoms with Crippen molar-refractivity contribution in [3.8, 4) is 0 Å². The summed E-state index contributed by atoms with van der Waals surface area (Å²) in [6, 6.07) is 15.1. The Balaban J connectivity index is 1.44. The van der Waals surface area contributed by atoms with Crippen molar-refractivity contribution in [2.45, 2.75) is 56.6 Å². The van der Waals surface area contributed by atoms with Crippen LogP contribution in [-0.4, -0.2) is 35.3 Å². The van der Waals surface area contributed by atoms with Crippen molar-refractivity contribution in [3.63, 3.8) is 0 Å². The Morgan fingerprint density at radius 3 is 2.62 bits per heavy atom. The molecule has 138 valence electrons. The SMILES string of the molecule is O[C@H]1CC[C@@H](Nc2cc(N3CCCCC3)ccn2)C[C@@H]1c1ccccc1. The van der Waals surface area contributed by atoms with Crippen LogP contribution in [0.3, 0.4) is 0 Å². The number of piperidine rings is 1. The Kier molecular flexibility index (Phi) is 5.40. The molecule has 26 heavy (non-hydrogen) atoms. The van der Waals surface area contributed by atoms with Crippen LogP contribution < -0.4 is 10.2 Å². The number of nitrogens with zero attached hydrogens (tertiary/aromatic N) is 2. The van der Waals surface area contributed by atoms with Gasteiger partial charge in [-0.3, -0.25) is 0 Å². The zero-order chi connectivity index (χ0) is 17.8. The second-order valence-electron chi connectivity index (χ2n) is 7.69. The van der Waals surface area contributed by atoms with Crippen molar-refractivity contribution in [3.05, 3.63) is 54.2 Å². The number of anilines is 2.